The van der Waals surface area contributed by atoms with Crippen LogP contribution in [0.2, 0.25) is 0 Å². The van der Waals surface area contributed by atoms with E-state index in [1.807, 2.05) is 30.6 Å². The molecule has 0 aliphatic carbocycles. The number of aromatic nitrogens is 1. The summed E-state index contributed by atoms with van der Waals surface area (Å²) in [6.45, 7) is 1.60. The average Bonchev–Trinajstić information content (AvgIpc) is 2.86. The Morgan fingerprint density at radius 3 is 2.74 bits per heavy atom. The fraction of sp³-hybridized carbons (Fsp3) is 0.286. The molecule has 1 aromatic heterocycles. The van der Waals surface area contributed by atoms with E-state index in [0.29, 0.717) is 6.54 Å². The van der Waals surface area contributed by atoms with Crippen molar-refractivity contribution in [2.24, 2.45) is 0 Å². The third-order valence-electron chi connectivity index (χ3n) is 2.79. The van der Waals surface area contributed by atoms with Crippen molar-refractivity contribution in [2.45, 2.75) is 13.0 Å². The predicted octanol–water partition coefficient (Wildman–Crippen LogP) is 2.52. The third kappa shape index (κ3) is 4.15. The minimum Gasteiger partial charge on any atom is -0.476 e. The van der Waals surface area contributed by atoms with Gasteiger partial charge in [-0.2, -0.15) is 0 Å². The van der Waals surface area contributed by atoms with Gasteiger partial charge in [0.1, 0.15) is 0 Å². The molecule has 2 rings (SSSR count). The molecule has 19 heavy (non-hydrogen) atoms. The minimum atomic E-state index is -0.955. The van der Waals surface area contributed by atoms with Gasteiger partial charge in [-0.3, -0.25) is 0 Å². The number of benzene rings is 1. The van der Waals surface area contributed by atoms with E-state index in [1.165, 1.54) is 16.9 Å². The molecule has 0 spiro atoms. The topological polar surface area (TPSA) is 53.4 Å². The molecule has 1 N–H and O–H groups in total. The molecule has 1 aromatic carbocycles. The third-order valence-corrected chi connectivity index (χ3v) is 3.67. The fourth-order valence-electron chi connectivity index (χ4n) is 1.80. The summed E-state index contributed by atoms with van der Waals surface area (Å²) in [6, 6.07) is 10.3. The second-order valence-corrected chi connectivity index (χ2v) is 5.28. The highest BCUT2D eigenvalue weighted by atomic mass is 32.1. The molecule has 5 heteroatoms. The van der Waals surface area contributed by atoms with E-state index >= 15 is 0 Å². The summed E-state index contributed by atoms with van der Waals surface area (Å²) in [5, 5.41) is 10.8. The summed E-state index contributed by atoms with van der Waals surface area (Å²) in [5.74, 6) is -0.955. The van der Waals surface area contributed by atoms with Gasteiger partial charge in [-0.05, 0) is 19.0 Å². The van der Waals surface area contributed by atoms with Crippen molar-refractivity contribution >= 4 is 17.3 Å². The Balaban J connectivity index is 1.83. The summed E-state index contributed by atoms with van der Waals surface area (Å²) in [5.41, 5.74) is 2.12. The smallest absolute Gasteiger partial charge is 0.365 e. The maximum Gasteiger partial charge on any atom is 0.365 e. The number of hydrogen-bond donors (Lipinski definition) is 1. The van der Waals surface area contributed by atoms with Crippen LogP contribution in [0.1, 0.15) is 21.1 Å². The van der Waals surface area contributed by atoms with Gasteiger partial charge in [-0.1, -0.05) is 30.3 Å². The monoisotopic (exact) mass is 276 g/mol. The molecule has 0 saturated carbocycles. The van der Waals surface area contributed by atoms with Gasteiger partial charge in [0.2, 0.25) is 5.01 Å². The van der Waals surface area contributed by atoms with Gasteiger partial charge >= 0.3 is 5.97 Å². The number of carboxylic acids is 1. The summed E-state index contributed by atoms with van der Waals surface area (Å²) in [4.78, 5) is 17.0. The Morgan fingerprint density at radius 1 is 1.37 bits per heavy atom. The molecule has 100 valence electrons. The SMILES string of the molecule is CN(CCc1ccccc1)Cc1csc(C(=O)O)n1. The molecule has 0 radical (unpaired) electrons. The lowest BCUT2D eigenvalue weighted by Gasteiger charge is -2.14. The van der Waals surface area contributed by atoms with Crippen molar-refractivity contribution in [1.82, 2.24) is 9.88 Å². The van der Waals surface area contributed by atoms with Crippen LogP contribution in [0.3, 0.4) is 0 Å². The molecule has 4 nitrogen and oxygen atoms in total. The van der Waals surface area contributed by atoms with Gasteiger partial charge in [-0.25, -0.2) is 9.78 Å². The van der Waals surface area contributed by atoms with E-state index in [4.69, 9.17) is 5.11 Å². The lowest BCUT2D eigenvalue weighted by Crippen LogP contribution is -2.21. The van der Waals surface area contributed by atoms with Crippen LogP contribution in [0.25, 0.3) is 0 Å². The summed E-state index contributed by atoms with van der Waals surface area (Å²) >= 11 is 1.18. The minimum absolute atomic E-state index is 0.159. The number of thiazole rings is 1. The molecule has 0 bridgehead atoms. The van der Waals surface area contributed by atoms with Crippen LogP contribution in [0.5, 0.6) is 0 Å². The fourth-order valence-corrected chi connectivity index (χ4v) is 2.44. The normalized spacial score (nSPS) is 10.8. The second kappa shape index (κ2) is 6.45. The summed E-state index contributed by atoms with van der Waals surface area (Å²) in [6.07, 6.45) is 0.979. The van der Waals surface area contributed by atoms with E-state index in [0.717, 1.165) is 18.7 Å². The van der Waals surface area contributed by atoms with Gasteiger partial charge in [0, 0.05) is 18.5 Å². The van der Waals surface area contributed by atoms with Crippen LogP contribution >= 0.6 is 11.3 Å². The zero-order valence-corrected chi connectivity index (χ0v) is 11.6. The highest BCUT2D eigenvalue weighted by molar-refractivity contribution is 7.11. The van der Waals surface area contributed by atoms with Crippen LogP contribution in [-0.4, -0.2) is 34.6 Å². The molecule has 0 saturated heterocycles. The van der Waals surface area contributed by atoms with E-state index in [9.17, 15) is 4.79 Å². The highest BCUT2D eigenvalue weighted by Crippen LogP contribution is 2.11. The molecular formula is C14H16N2O2S. The first-order chi connectivity index (χ1) is 9.15. The Labute approximate surface area is 116 Å². The van der Waals surface area contributed by atoms with Crippen molar-refractivity contribution < 1.29 is 9.90 Å². The standard InChI is InChI=1S/C14H16N2O2S/c1-16(8-7-11-5-3-2-4-6-11)9-12-10-19-13(15-12)14(17)18/h2-6,10H,7-9H2,1H3,(H,17,18). The molecule has 0 aliphatic rings. The van der Waals surface area contributed by atoms with Crippen molar-refractivity contribution in [3.05, 3.63) is 52.0 Å². The van der Waals surface area contributed by atoms with E-state index in [1.54, 1.807) is 0 Å². The Bertz CT molecular complexity index is 539. The van der Waals surface area contributed by atoms with Gasteiger partial charge in [0.05, 0.1) is 5.69 Å². The zero-order valence-electron chi connectivity index (χ0n) is 10.7. The highest BCUT2D eigenvalue weighted by Gasteiger charge is 2.10. The summed E-state index contributed by atoms with van der Waals surface area (Å²) in [7, 11) is 2.02. The number of rotatable bonds is 6. The molecule has 0 unspecified atom stereocenters. The molecule has 0 atom stereocenters. The van der Waals surface area contributed by atoms with E-state index < -0.39 is 5.97 Å². The van der Waals surface area contributed by atoms with E-state index in [-0.39, 0.29) is 5.01 Å². The van der Waals surface area contributed by atoms with Crippen LogP contribution in [0, 0.1) is 0 Å². The zero-order chi connectivity index (χ0) is 13.7. The molecular weight excluding hydrogens is 260 g/mol. The quantitative estimate of drug-likeness (QED) is 0.881. The van der Waals surface area contributed by atoms with Crippen molar-refractivity contribution in [3.63, 3.8) is 0 Å². The Hall–Kier alpha value is -1.72. The largest absolute Gasteiger partial charge is 0.476 e. The van der Waals surface area contributed by atoms with Gasteiger partial charge < -0.3 is 10.0 Å². The molecule has 1 heterocycles. The first kappa shape index (κ1) is 13.7. The molecule has 2 aromatic rings. The maximum atomic E-state index is 10.7. The first-order valence-corrected chi connectivity index (χ1v) is 6.93. The van der Waals surface area contributed by atoms with Crippen LogP contribution in [0.4, 0.5) is 0 Å². The second-order valence-electron chi connectivity index (χ2n) is 4.42. The maximum absolute atomic E-state index is 10.7. The number of hydrogen-bond acceptors (Lipinski definition) is 4. The lowest BCUT2D eigenvalue weighted by atomic mass is 10.1. The van der Waals surface area contributed by atoms with E-state index in [2.05, 4.69) is 22.0 Å². The average molecular weight is 276 g/mol. The van der Waals surface area contributed by atoms with Gasteiger partial charge in [0.25, 0.3) is 0 Å². The van der Waals surface area contributed by atoms with Crippen molar-refractivity contribution in [3.8, 4) is 0 Å². The van der Waals surface area contributed by atoms with Gasteiger partial charge in [0.15, 0.2) is 0 Å². The van der Waals surface area contributed by atoms with Crippen LogP contribution in [-0.2, 0) is 13.0 Å². The molecule has 0 aliphatic heterocycles. The Kier molecular flexibility index (Phi) is 4.65. The number of carboxylic acid groups (broad SMARTS) is 1. The van der Waals surface area contributed by atoms with Crippen LogP contribution < -0.4 is 0 Å². The number of carbonyl (C=O) groups is 1. The Morgan fingerprint density at radius 2 is 2.11 bits per heavy atom. The van der Waals surface area contributed by atoms with Gasteiger partial charge in [-0.15, -0.1) is 11.3 Å². The summed E-state index contributed by atoms with van der Waals surface area (Å²) < 4.78 is 0. The first-order valence-electron chi connectivity index (χ1n) is 6.05. The molecule has 0 fully saturated rings. The number of nitrogens with zero attached hydrogens (tertiary/aromatic N) is 2. The van der Waals surface area contributed by atoms with Crippen molar-refractivity contribution in [2.75, 3.05) is 13.6 Å². The van der Waals surface area contributed by atoms with Crippen LogP contribution in [0.15, 0.2) is 35.7 Å². The lowest BCUT2D eigenvalue weighted by molar-refractivity contribution is 0.0696. The number of likely N-dealkylation sites (N-methyl/N-ethyl adjacent to an activating group) is 1. The van der Waals surface area contributed by atoms with Crippen molar-refractivity contribution in [1.29, 1.82) is 0 Å². The number of aromatic carboxylic acids is 1. The molecule has 0 amide bonds. The predicted molar refractivity (Wildman–Crippen MR) is 75.6 cm³/mol.